The van der Waals surface area contributed by atoms with Gasteiger partial charge in [-0.25, -0.2) is 4.98 Å². The van der Waals surface area contributed by atoms with Gasteiger partial charge in [0.2, 0.25) is 11.9 Å². The molecule has 2 aliphatic rings. The van der Waals surface area contributed by atoms with E-state index in [1.165, 1.54) is 24.8 Å². The van der Waals surface area contributed by atoms with Crippen LogP contribution in [0.5, 0.6) is 0 Å². The molecule has 1 saturated carbocycles. The summed E-state index contributed by atoms with van der Waals surface area (Å²) in [5.74, 6) is 1.42. The first kappa shape index (κ1) is 19.6. The van der Waals surface area contributed by atoms with E-state index in [4.69, 9.17) is 16.6 Å². The molecule has 2 heterocycles. The van der Waals surface area contributed by atoms with Crippen molar-refractivity contribution in [2.45, 2.75) is 64.8 Å². The number of anilines is 1. The molecule has 28 heavy (non-hydrogen) atoms. The fourth-order valence-corrected chi connectivity index (χ4v) is 4.47. The van der Waals surface area contributed by atoms with Crippen LogP contribution in [0.25, 0.3) is 11.0 Å². The van der Waals surface area contributed by atoms with E-state index < -0.39 is 0 Å². The van der Waals surface area contributed by atoms with E-state index in [-0.39, 0.29) is 11.8 Å². The first-order valence-corrected chi connectivity index (χ1v) is 11.2. The van der Waals surface area contributed by atoms with Crippen molar-refractivity contribution in [3.05, 3.63) is 22.7 Å². The van der Waals surface area contributed by atoms with Gasteiger partial charge in [-0.05, 0) is 63.1 Å². The van der Waals surface area contributed by atoms with Crippen LogP contribution in [0.15, 0.2) is 12.1 Å². The average molecular weight is 403 g/mol. The van der Waals surface area contributed by atoms with Crippen molar-refractivity contribution in [3.8, 4) is 0 Å². The number of rotatable bonds is 6. The maximum atomic E-state index is 12.4. The molecule has 152 valence electrons. The standard InChI is InChI=1S/C22H31ClN4O/c1-3-4-10-24-21(28)16-8-11-26(12-9-16)22-25-19-14-18(23)15(2)13-20(19)27(22)17-6-5-7-17/h13-14,16-17H,3-12H2,1-2H3,(H,24,28). The monoisotopic (exact) mass is 402 g/mol. The normalized spacial score (nSPS) is 18.5. The Morgan fingerprint density at radius 1 is 1.25 bits per heavy atom. The number of hydrogen-bond donors (Lipinski definition) is 1. The fraction of sp³-hybridized carbons (Fsp3) is 0.636. The Labute approximate surface area is 172 Å². The predicted molar refractivity (Wildman–Crippen MR) is 115 cm³/mol. The molecule has 0 unspecified atom stereocenters. The molecule has 4 rings (SSSR count). The van der Waals surface area contributed by atoms with Crippen molar-refractivity contribution in [2.24, 2.45) is 5.92 Å². The van der Waals surface area contributed by atoms with Crippen LogP contribution in [0, 0.1) is 12.8 Å². The number of nitrogens with one attached hydrogen (secondary N) is 1. The highest BCUT2D eigenvalue weighted by molar-refractivity contribution is 6.32. The lowest BCUT2D eigenvalue weighted by molar-refractivity contribution is -0.125. The second-order valence-electron chi connectivity index (χ2n) is 8.36. The van der Waals surface area contributed by atoms with E-state index in [9.17, 15) is 4.79 Å². The van der Waals surface area contributed by atoms with Crippen LogP contribution in [0.1, 0.15) is 63.5 Å². The molecule has 0 spiro atoms. The zero-order valence-electron chi connectivity index (χ0n) is 17.0. The quantitative estimate of drug-likeness (QED) is 0.702. The number of fused-ring (bicyclic) bond motifs is 1. The molecule has 0 radical (unpaired) electrons. The summed E-state index contributed by atoms with van der Waals surface area (Å²) in [5.41, 5.74) is 3.28. The number of nitrogens with zero attached hydrogens (tertiary/aromatic N) is 3. The van der Waals surface area contributed by atoms with Crippen molar-refractivity contribution in [1.29, 1.82) is 0 Å². The maximum absolute atomic E-state index is 12.4. The highest BCUT2D eigenvalue weighted by atomic mass is 35.5. The first-order chi connectivity index (χ1) is 13.6. The van der Waals surface area contributed by atoms with E-state index in [1.807, 2.05) is 6.07 Å². The van der Waals surface area contributed by atoms with Gasteiger partial charge >= 0.3 is 0 Å². The highest BCUT2D eigenvalue weighted by Crippen LogP contribution is 2.40. The van der Waals surface area contributed by atoms with Crippen molar-refractivity contribution in [2.75, 3.05) is 24.5 Å². The number of aryl methyl sites for hydroxylation is 1. The number of carbonyl (C=O) groups excluding carboxylic acids is 1. The van der Waals surface area contributed by atoms with Crippen LogP contribution in [0.3, 0.4) is 0 Å². The van der Waals surface area contributed by atoms with Gasteiger partial charge in [0, 0.05) is 36.6 Å². The lowest BCUT2D eigenvalue weighted by Gasteiger charge is -2.36. The number of benzene rings is 1. The van der Waals surface area contributed by atoms with Gasteiger partial charge in [-0.3, -0.25) is 4.79 Å². The predicted octanol–water partition coefficient (Wildman–Crippen LogP) is 4.86. The van der Waals surface area contributed by atoms with Crippen LogP contribution in [0.2, 0.25) is 5.02 Å². The summed E-state index contributed by atoms with van der Waals surface area (Å²) < 4.78 is 2.43. The van der Waals surface area contributed by atoms with Crippen LogP contribution in [-0.2, 0) is 4.79 Å². The minimum absolute atomic E-state index is 0.131. The van der Waals surface area contributed by atoms with Gasteiger partial charge in [0.25, 0.3) is 0 Å². The summed E-state index contributed by atoms with van der Waals surface area (Å²) in [6.07, 6.45) is 7.68. The van der Waals surface area contributed by atoms with Crippen LogP contribution in [-0.4, -0.2) is 35.1 Å². The smallest absolute Gasteiger partial charge is 0.223 e. The van der Waals surface area contributed by atoms with E-state index in [0.717, 1.165) is 67.4 Å². The zero-order chi connectivity index (χ0) is 19.7. The molecule has 6 heteroatoms. The lowest BCUT2D eigenvalue weighted by atomic mass is 9.92. The number of imidazole rings is 1. The van der Waals surface area contributed by atoms with Crippen molar-refractivity contribution in [1.82, 2.24) is 14.9 Å². The summed E-state index contributed by atoms with van der Waals surface area (Å²) >= 11 is 6.36. The van der Waals surface area contributed by atoms with Crippen molar-refractivity contribution in [3.63, 3.8) is 0 Å². The number of aromatic nitrogens is 2. The minimum Gasteiger partial charge on any atom is -0.356 e. The molecular formula is C22H31ClN4O. The SMILES string of the molecule is CCCCNC(=O)C1CCN(c2nc3cc(Cl)c(C)cc3n2C2CCC2)CC1. The number of amides is 1. The van der Waals surface area contributed by atoms with Gasteiger partial charge in [-0.2, -0.15) is 0 Å². The summed E-state index contributed by atoms with van der Waals surface area (Å²) in [7, 11) is 0. The highest BCUT2D eigenvalue weighted by Gasteiger charge is 2.31. The molecule has 2 aromatic rings. The molecule has 1 aliphatic carbocycles. The van der Waals surface area contributed by atoms with E-state index in [1.54, 1.807) is 0 Å². The Morgan fingerprint density at radius 3 is 2.64 bits per heavy atom. The van der Waals surface area contributed by atoms with Gasteiger partial charge in [0.05, 0.1) is 11.0 Å². The topological polar surface area (TPSA) is 50.2 Å². The van der Waals surface area contributed by atoms with E-state index in [0.29, 0.717) is 6.04 Å². The molecule has 1 saturated heterocycles. The average Bonchev–Trinajstić information content (AvgIpc) is 2.99. The Morgan fingerprint density at radius 2 is 2.00 bits per heavy atom. The minimum atomic E-state index is 0.131. The van der Waals surface area contributed by atoms with Gasteiger partial charge in [-0.15, -0.1) is 0 Å². The Hall–Kier alpha value is -1.75. The number of unbranched alkanes of at least 4 members (excludes halogenated alkanes) is 1. The summed E-state index contributed by atoms with van der Waals surface area (Å²) in [5, 5.41) is 3.87. The molecule has 0 bridgehead atoms. The number of halogens is 1. The van der Waals surface area contributed by atoms with E-state index >= 15 is 0 Å². The second-order valence-corrected chi connectivity index (χ2v) is 8.77. The van der Waals surface area contributed by atoms with Gasteiger partial charge in [-0.1, -0.05) is 24.9 Å². The molecule has 1 aliphatic heterocycles. The van der Waals surface area contributed by atoms with Gasteiger partial charge < -0.3 is 14.8 Å². The van der Waals surface area contributed by atoms with Crippen molar-refractivity contribution < 1.29 is 4.79 Å². The largest absolute Gasteiger partial charge is 0.356 e. The molecule has 1 aromatic heterocycles. The van der Waals surface area contributed by atoms with Crippen molar-refractivity contribution >= 4 is 34.5 Å². The van der Waals surface area contributed by atoms with Crippen LogP contribution in [0.4, 0.5) is 5.95 Å². The fourth-order valence-electron chi connectivity index (χ4n) is 4.31. The van der Waals surface area contributed by atoms with Crippen LogP contribution < -0.4 is 10.2 Å². The number of hydrogen-bond acceptors (Lipinski definition) is 3. The summed E-state index contributed by atoms with van der Waals surface area (Å²) in [6.45, 7) is 6.77. The molecule has 1 amide bonds. The molecular weight excluding hydrogens is 372 g/mol. The molecule has 1 N–H and O–H groups in total. The molecule has 1 aromatic carbocycles. The molecule has 0 atom stereocenters. The zero-order valence-corrected chi connectivity index (χ0v) is 17.8. The van der Waals surface area contributed by atoms with Gasteiger partial charge in [0.1, 0.15) is 0 Å². The molecule has 5 nitrogen and oxygen atoms in total. The number of piperidine rings is 1. The summed E-state index contributed by atoms with van der Waals surface area (Å²) in [6, 6.07) is 4.72. The van der Waals surface area contributed by atoms with Crippen LogP contribution >= 0.6 is 11.6 Å². The first-order valence-electron chi connectivity index (χ1n) is 10.8. The second kappa shape index (κ2) is 8.32. The number of carbonyl (C=O) groups is 1. The maximum Gasteiger partial charge on any atom is 0.223 e. The lowest BCUT2D eigenvalue weighted by Crippen LogP contribution is -2.42. The molecule has 2 fully saturated rings. The Balaban J connectivity index is 1.52. The Kier molecular flexibility index (Phi) is 5.81. The summed E-state index contributed by atoms with van der Waals surface area (Å²) in [4.78, 5) is 19.7. The third kappa shape index (κ3) is 3.73. The third-order valence-electron chi connectivity index (χ3n) is 6.37. The Bertz CT molecular complexity index is 850. The third-order valence-corrected chi connectivity index (χ3v) is 6.78. The van der Waals surface area contributed by atoms with E-state index in [2.05, 4.69) is 34.7 Å². The van der Waals surface area contributed by atoms with Gasteiger partial charge in [0.15, 0.2) is 0 Å².